The molecule has 13 heteroatoms. The van der Waals surface area contributed by atoms with Gasteiger partial charge in [-0.15, -0.1) is 0 Å². The summed E-state index contributed by atoms with van der Waals surface area (Å²) in [4.78, 5) is 64.8. The summed E-state index contributed by atoms with van der Waals surface area (Å²) in [5, 5.41) is 19.9. The number of methoxy groups -OCH3 is 3. The number of benzene rings is 1. The minimum atomic E-state index is -1.94. The summed E-state index contributed by atoms with van der Waals surface area (Å²) in [6.07, 6.45) is -4.36. The van der Waals surface area contributed by atoms with Crippen molar-refractivity contribution in [2.75, 3.05) is 27.9 Å². The summed E-state index contributed by atoms with van der Waals surface area (Å²) in [6.45, 7) is -0.630. The molecule has 1 aromatic carbocycles. The van der Waals surface area contributed by atoms with E-state index in [1.165, 1.54) is 31.4 Å². The Morgan fingerprint density at radius 1 is 1.06 bits per heavy atom. The number of aliphatic hydroxyl groups is 2. The molecule has 2 aromatic rings. The van der Waals surface area contributed by atoms with Crippen LogP contribution in [0.15, 0.2) is 46.1 Å². The summed E-state index contributed by atoms with van der Waals surface area (Å²) in [5.41, 5.74) is -3.11. The van der Waals surface area contributed by atoms with E-state index < -0.39 is 71.7 Å². The van der Waals surface area contributed by atoms with Crippen LogP contribution in [0.3, 0.4) is 0 Å². The van der Waals surface area contributed by atoms with Crippen LogP contribution in [0.1, 0.15) is 28.1 Å². The molecule has 13 nitrogen and oxygen atoms in total. The first-order valence-electron chi connectivity index (χ1n) is 10.3. The fraction of sp³-hybridized carbons (Fsp3) is 0.409. The van der Waals surface area contributed by atoms with Crippen molar-refractivity contribution in [2.24, 2.45) is 0 Å². The average Bonchev–Trinajstić information content (AvgIpc) is 3.20. The molecule has 4 atom stereocenters. The molecule has 1 aromatic heterocycles. The average molecular weight is 492 g/mol. The number of esters is 2. The molecule has 2 heterocycles. The van der Waals surface area contributed by atoms with Crippen molar-refractivity contribution in [3.05, 3.63) is 68.5 Å². The van der Waals surface area contributed by atoms with Crippen molar-refractivity contribution >= 4 is 17.8 Å². The van der Waals surface area contributed by atoms with E-state index in [1.54, 1.807) is 6.07 Å². The van der Waals surface area contributed by atoms with Crippen LogP contribution < -0.4 is 11.2 Å². The zero-order chi connectivity index (χ0) is 25.9. The monoisotopic (exact) mass is 492 g/mol. The lowest BCUT2D eigenvalue weighted by molar-refractivity contribution is -0.154. The normalized spacial score (nSPS) is 21.7. The van der Waals surface area contributed by atoms with Crippen molar-refractivity contribution in [1.29, 1.82) is 0 Å². The highest BCUT2D eigenvalue weighted by molar-refractivity contribution is 6.01. The molecule has 1 saturated heterocycles. The fourth-order valence-corrected chi connectivity index (χ4v) is 3.79. The Labute approximate surface area is 198 Å². The predicted molar refractivity (Wildman–Crippen MR) is 116 cm³/mol. The van der Waals surface area contributed by atoms with E-state index in [0.717, 1.165) is 25.0 Å². The summed E-state index contributed by atoms with van der Waals surface area (Å²) in [7, 11) is 3.17. The molecule has 0 amide bonds. The molecule has 1 aliphatic rings. The first kappa shape index (κ1) is 26.0. The zero-order valence-electron chi connectivity index (χ0n) is 19.0. The summed E-state index contributed by atoms with van der Waals surface area (Å²) in [5.74, 6) is -5.35. The maximum Gasteiger partial charge on any atom is 0.340 e. The number of aromatic nitrogens is 2. The lowest BCUT2D eigenvalue weighted by Crippen LogP contribution is -2.49. The van der Waals surface area contributed by atoms with Crippen LogP contribution in [-0.4, -0.2) is 83.4 Å². The van der Waals surface area contributed by atoms with Gasteiger partial charge in [0.25, 0.3) is 11.5 Å². The number of ether oxygens (including phenoxy) is 4. The standard InChI is InChI=1S/C22H24N2O11/c1-32-16-15(26)13(10-25)35-19(16)23-9-12(14(20(29)33-2)21(30)34-3)18(28)24(22(23)31)17(27)11-7-5-4-6-8-11/h4-9,13-16,19,25-26H,10H2,1-3H3/t13-,15?,16+,19-/m1/s1. The van der Waals surface area contributed by atoms with Crippen LogP contribution in [0.25, 0.3) is 0 Å². The topological polar surface area (TPSA) is 173 Å². The molecule has 0 aliphatic carbocycles. The number of carbonyl (C=O) groups excluding carboxylic acids is 3. The summed E-state index contributed by atoms with van der Waals surface area (Å²) in [6, 6.07) is 7.35. The lowest BCUT2D eigenvalue weighted by Gasteiger charge is -2.23. The Bertz CT molecular complexity index is 1200. The van der Waals surface area contributed by atoms with E-state index in [1.807, 2.05) is 0 Å². The molecule has 35 heavy (non-hydrogen) atoms. The number of hydrogen-bond donors (Lipinski definition) is 2. The first-order valence-corrected chi connectivity index (χ1v) is 10.3. The molecule has 1 unspecified atom stereocenters. The Morgan fingerprint density at radius 3 is 2.17 bits per heavy atom. The maximum atomic E-state index is 13.4. The van der Waals surface area contributed by atoms with Gasteiger partial charge in [0.2, 0.25) is 0 Å². The van der Waals surface area contributed by atoms with Crippen LogP contribution in [0.4, 0.5) is 0 Å². The second-order valence-corrected chi connectivity index (χ2v) is 7.50. The number of carbonyl (C=O) groups is 3. The smallest absolute Gasteiger partial charge is 0.340 e. The summed E-state index contributed by atoms with van der Waals surface area (Å²) >= 11 is 0. The lowest BCUT2D eigenvalue weighted by atomic mass is 10.0. The maximum absolute atomic E-state index is 13.4. The fourth-order valence-electron chi connectivity index (χ4n) is 3.79. The predicted octanol–water partition coefficient (Wildman–Crippen LogP) is -1.61. The Morgan fingerprint density at radius 2 is 1.66 bits per heavy atom. The minimum absolute atomic E-state index is 0.0352. The van der Waals surface area contributed by atoms with Crippen molar-refractivity contribution < 1.29 is 43.5 Å². The van der Waals surface area contributed by atoms with Crippen LogP contribution >= 0.6 is 0 Å². The second-order valence-electron chi connectivity index (χ2n) is 7.50. The third-order valence-electron chi connectivity index (χ3n) is 5.59. The van der Waals surface area contributed by atoms with Gasteiger partial charge in [0.1, 0.15) is 18.3 Å². The molecule has 2 N–H and O–H groups in total. The van der Waals surface area contributed by atoms with Crippen LogP contribution in [0.5, 0.6) is 0 Å². The van der Waals surface area contributed by atoms with Gasteiger partial charge >= 0.3 is 17.6 Å². The van der Waals surface area contributed by atoms with Gasteiger partial charge < -0.3 is 29.2 Å². The zero-order valence-corrected chi connectivity index (χ0v) is 19.0. The van der Waals surface area contributed by atoms with Crippen molar-refractivity contribution in [3.8, 4) is 0 Å². The number of nitrogens with zero attached hydrogens (tertiary/aromatic N) is 2. The molecular weight excluding hydrogens is 468 g/mol. The molecule has 1 aliphatic heterocycles. The highest BCUT2D eigenvalue weighted by atomic mass is 16.6. The van der Waals surface area contributed by atoms with Gasteiger partial charge in [-0.3, -0.25) is 23.7 Å². The number of rotatable bonds is 7. The van der Waals surface area contributed by atoms with E-state index in [4.69, 9.17) is 9.47 Å². The van der Waals surface area contributed by atoms with E-state index in [9.17, 15) is 34.2 Å². The van der Waals surface area contributed by atoms with Crippen molar-refractivity contribution in [1.82, 2.24) is 9.13 Å². The Kier molecular flexibility index (Phi) is 7.96. The van der Waals surface area contributed by atoms with E-state index in [2.05, 4.69) is 9.47 Å². The Hall–Kier alpha value is -3.65. The first-order chi connectivity index (χ1) is 16.7. The van der Waals surface area contributed by atoms with E-state index >= 15 is 0 Å². The van der Waals surface area contributed by atoms with E-state index in [-0.39, 0.29) is 10.1 Å². The third kappa shape index (κ3) is 4.66. The molecular formula is C22H24N2O11. The SMILES string of the molecule is COC(=O)C(C(=O)OC)c1cn([C@@H]2O[C@H](CO)C(O)[C@@H]2OC)c(=O)n(C(=O)c2ccccc2)c1=O. The Balaban J connectivity index is 2.34. The molecule has 0 radical (unpaired) electrons. The molecule has 0 bridgehead atoms. The number of hydrogen-bond acceptors (Lipinski definition) is 11. The van der Waals surface area contributed by atoms with Gasteiger partial charge in [0.15, 0.2) is 12.1 Å². The molecule has 0 spiro atoms. The largest absolute Gasteiger partial charge is 0.468 e. The minimum Gasteiger partial charge on any atom is -0.468 e. The van der Waals surface area contributed by atoms with Crippen molar-refractivity contribution in [3.63, 3.8) is 0 Å². The molecule has 3 rings (SSSR count). The molecule has 1 fully saturated rings. The van der Waals surface area contributed by atoms with Crippen LogP contribution in [0, 0.1) is 0 Å². The van der Waals surface area contributed by atoms with E-state index in [0.29, 0.717) is 0 Å². The van der Waals surface area contributed by atoms with Crippen molar-refractivity contribution in [2.45, 2.75) is 30.5 Å². The van der Waals surface area contributed by atoms with Gasteiger partial charge in [0.05, 0.1) is 26.4 Å². The third-order valence-corrected chi connectivity index (χ3v) is 5.59. The highest BCUT2D eigenvalue weighted by Gasteiger charge is 2.46. The van der Waals surface area contributed by atoms with Crippen LogP contribution in [-0.2, 0) is 28.5 Å². The molecule has 188 valence electrons. The quantitative estimate of drug-likeness (QED) is 0.336. The highest BCUT2D eigenvalue weighted by Crippen LogP contribution is 2.31. The van der Waals surface area contributed by atoms with Gasteiger partial charge in [-0.05, 0) is 12.1 Å². The molecule has 0 saturated carbocycles. The summed E-state index contributed by atoms with van der Waals surface area (Å²) < 4.78 is 21.0. The number of aliphatic hydroxyl groups excluding tert-OH is 2. The second kappa shape index (κ2) is 10.7. The van der Waals surface area contributed by atoms with Gasteiger partial charge in [-0.1, -0.05) is 18.2 Å². The van der Waals surface area contributed by atoms with Gasteiger partial charge in [-0.2, -0.15) is 4.57 Å². The van der Waals surface area contributed by atoms with Crippen LogP contribution in [0.2, 0.25) is 0 Å². The van der Waals surface area contributed by atoms with Gasteiger partial charge in [-0.25, -0.2) is 4.79 Å². The van der Waals surface area contributed by atoms with Gasteiger partial charge in [0, 0.05) is 18.9 Å².